The van der Waals surface area contributed by atoms with E-state index in [1.54, 1.807) is 23.1 Å². The number of halogens is 1. The van der Waals surface area contributed by atoms with E-state index in [-0.39, 0.29) is 5.91 Å². The lowest BCUT2D eigenvalue weighted by atomic mass is 10.1. The molecule has 0 bridgehead atoms. The maximum atomic E-state index is 12.4. The Morgan fingerprint density at radius 1 is 1.50 bits per heavy atom. The van der Waals surface area contributed by atoms with Gasteiger partial charge in [-0.15, -0.1) is 0 Å². The largest absolute Gasteiger partial charge is 0.392 e. The second-order valence-corrected chi connectivity index (χ2v) is 5.11. The van der Waals surface area contributed by atoms with Crippen LogP contribution in [0.3, 0.4) is 0 Å². The summed E-state index contributed by atoms with van der Waals surface area (Å²) in [5.41, 5.74) is 7.02. The number of rotatable bonds is 5. The Hall–Kier alpha value is -1.13. The normalized spacial score (nSPS) is 10.2. The fourth-order valence-corrected chi connectivity index (χ4v) is 2.13. The number of aryl methyl sites for hydroxylation is 1. The zero-order valence-corrected chi connectivity index (χ0v) is 12.1. The number of nitrogens with zero attached hydrogens (tertiary/aromatic N) is 1. The molecule has 0 spiro atoms. The van der Waals surface area contributed by atoms with E-state index in [9.17, 15) is 4.79 Å². The van der Waals surface area contributed by atoms with Crippen molar-refractivity contribution in [1.82, 2.24) is 4.90 Å². The van der Waals surface area contributed by atoms with E-state index in [0.29, 0.717) is 28.7 Å². The number of hydrogen-bond donors (Lipinski definition) is 1. The van der Waals surface area contributed by atoms with Gasteiger partial charge in [-0.1, -0.05) is 30.7 Å². The van der Waals surface area contributed by atoms with Crippen LogP contribution in [-0.2, 0) is 0 Å². The van der Waals surface area contributed by atoms with E-state index >= 15 is 0 Å². The van der Waals surface area contributed by atoms with E-state index < -0.39 is 0 Å². The van der Waals surface area contributed by atoms with Gasteiger partial charge in [0.15, 0.2) is 0 Å². The summed E-state index contributed by atoms with van der Waals surface area (Å²) in [4.78, 5) is 14.4. The molecule has 0 saturated heterocycles. The molecule has 1 amide bonds. The molecule has 0 atom stereocenters. The van der Waals surface area contributed by atoms with Gasteiger partial charge in [-0.3, -0.25) is 4.79 Å². The van der Waals surface area contributed by atoms with Crippen LogP contribution in [0.4, 0.5) is 0 Å². The Bertz CT molecular complexity index is 462. The van der Waals surface area contributed by atoms with E-state index in [4.69, 9.17) is 29.6 Å². The Morgan fingerprint density at radius 2 is 2.17 bits per heavy atom. The number of hydrogen-bond acceptors (Lipinski definition) is 2. The van der Waals surface area contributed by atoms with Gasteiger partial charge < -0.3 is 10.6 Å². The number of nitrogens with two attached hydrogens (primary N) is 1. The Morgan fingerprint density at radius 3 is 2.67 bits per heavy atom. The number of carbonyl (C=O) groups excluding carboxylic acids is 1. The van der Waals surface area contributed by atoms with Gasteiger partial charge in [0.05, 0.1) is 11.5 Å². The maximum Gasteiger partial charge on any atom is 0.254 e. The minimum Gasteiger partial charge on any atom is -0.392 e. The summed E-state index contributed by atoms with van der Waals surface area (Å²) in [6.45, 7) is 4.82. The molecule has 5 heteroatoms. The zero-order valence-electron chi connectivity index (χ0n) is 10.6. The molecule has 0 saturated carbocycles. The molecule has 0 aromatic heterocycles. The maximum absolute atomic E-state index is 12.4. The van der Waals surface area contributed by atoms with Gasteiger partial charge in [-0.05, 0) is 37.1 Å². The van der Waals surface area contributed by atoms with Gasteiger partial charge in [0.25, 0.3) is 5.91 Å². The number of benzene rings is 1. The summed E-state index contributed by atoms with van der Waals surface area (Å²) in [6, 6.07) is 5.23. The summed E-state index contributed by atoms with van der Waals surface area (Å²) < 4.78 is 0. The second-order valence-electron chi connectivity index (χ2n) is 4.15. The molecule has 1 aromatic rings. The second kappa shape index (κ2) is 6.71. The standard InChI is InChI=1S/C13H17ClN2OS/c1-3-6-16(8-12(15)18)13(17)11-5-4-10(14)7-9(11)2/h4-5,7H,3,6,8H2,1-2H3,(H2,15,18). The van der Waals surface area contributed by atoms with Gasteiger partial charge in [-0.2, -0.15) is 0 Å². The third kappa shape index (κ3) is 3.96. The highest BCUT2D eigenvalue weighted by molar-refractivity contribution is 7.80. The lowest BCUT2D eigenvalue weighted by Gasteiger charge is -2.22. The predicted octanol–water partition coefficient (Wildman–Crippen LogP) is 2.79. The fraction of sp³-hybridized carbons (Fsp3) is 0.385. The molecule has 0 aliphatic heterocycles. The predicted molar refractivity (Wildman–Crippen MR) is 79.2 cm³/mol. The first-order chi connectivity index (χ1) is 8.45. The topological polar surface area (TPSA) is 46.3 Å². The van der Waals surface area contributed by atoms with Crippen molar-refractivity contribution in [3.05, 3.63) is 34.3 Å². The Kier molecular flexibility index (Phi) is 5.56. The average Bonchev–Trinajstić information content (AvgIpc) is 2.27. The third-order valence-electron chi connectivity index (χ3n) is 2.55. The highest BCUT2D eigenvalue weighted by Crippen LogP contribution is 2.17. The van der Waals surface area contributed by atoms with E-state index in [1.165, 1.54) is 0 Å². The molecule has 1 aromatic carbocycles. The summed E-state index contributed by atoms with van der Waals surface area (Å²) in [7, 11) is 0. The number of amides is 1. The van der Waals surface area contributed by atoms with Crippen LogP contribution in [0.5, 0.6) is 0 Å². The van der Waals surface area contributed by atoms with E-state index in [0.717, 1.165) is 12.0 Å². The number of carbonyl (C=O) groups is 1. The molecular weight excluding hydrogens is 268 g/mol. The molecule has 0 radical (unpaired) electrons. The highest BCUT2D eigenvalue weighted by Gasteiger charge is 2.17. The van der Waals surface area contributed by atoms with Gasteiger partial charge in [0, 0.05) is 17.1 Å². The van der Waals surface area contributed by atoms with Crippen molar-refractivity contribution in [3.8, 4) is 0 Å². The van der Waals surface area contributed by atoms with Gasteiger partial charge in [-0.25, -0.2) is 0 Å². The first kappa shape index (κ1) is 14.9. The van der Waals surface area contributed by atoms with Crippen molar-refractivity contribution < 1.29 is 4.79 Å². The quantitative estimate of drug-likeness (QED) is 0.846. The zero-order chi connectivity index (χ0) is 13.7. The van der Waals surface area contributed by atoms with Crippen molar-refractivity contribution in [3.63, 3.8) is 0 Å². The van der Waals surface area contributed by atoms with Crippen molar-refractivity contribution in [2.75, 3.05) is 13.1 Å². The van der Waals surface area contributed by atoms with Crippen LogP contribution >= 0.6 is 23.8 Å². The minimum absolute atomic E-state index is 0.0567. The molecule has 0 aliphatic rings. The van der Waals surface area contributed by atoms with Crippen LogP contribution in [0.2, 0.25) is 5.02 Å². The fourth-order valence-electron chi connectivity index (χ4n) is 1.75. The highest BCUT2D eigenvalue weighted by atomic mass is 35.5. The van der Waals surface area contributed by atoms with Crippen LogP contribution in [-0.4, -0.2) is 28.9 Å². The van der Waals surface area contributed by atoms with Crippen LogP contribution < -0.4 is 5.73 Å². The summed E-state index contributed by atoms with van der Waals surface area (Å²) in [5.74, 6) is -0.0567. The summed E-state index contributed by atoms with van der Waals surface area (Å²) in [5, 5.41) is 0.625. The summed E-state index contributed by atoms with van der Waals surface area (Å²) in [6.07, 6.45) is 0.862. The van der Waals surface area contributed by atoms with E-state index in [1.807, 2.05) is 13.8 Å². The molecule has 18 heavy (non-hydrogen) atoms. The number of thiocarbonyl (C=S) groups is 1. The molecular formula is C13H17ClN2OS. The molecule has 3 nitrogen and oxygen atoms in total. The molecule has 98 valence electrons. The first-order valence-electron chi connectivity index (χ1n) is 5.79. The molecule has 0 aliphatic carbocycles. The molecule has 0 heterocycles. The van der Waals surface area contributed by atoms with Crippen molar-refractivity contribution in [2.45, 2.75) is 20.3 Å². The average molecular weight is 285 g/mol. The molecule has 1 rings (SSSR count). The van der Waals surface area contributed by atoms with E-state index in [2.05, 4.69) is 0 Å². The lowest BCUT2D eigenvalue weighted by Crippen LogP contribution is -2.38. The van der Waals surface area contributed by atoms with Crippen LogP contribution in [0.15, 0.2) is 18.2 Å². The van der Waals surface area contributed by atoms with Gasteiger partial charge >= 0.3 is 0 Å². The SMILES string of the molecule is CCCN(CC(N)=S)C(=O)c1ccc(Cl)cc1C. The van der Waals surface area contributed by atoms with Crippen LogP contribution in [0.25, 0.3) is 0 Å². The van der Waals surface area contributed by atoms with Crippen LogP contribution in [0, 0.1) is 6.92 Å². The first-order valence-corrected chi connectivity index (χ1v) is 6.58. The van der Waals surface area contributed by atoms with Crippen molar-refractivity contribution in [2.24, 2.45) is 5.73 Å². The smallest absolute Gasteiger partial charge is 0.254 e. The minimum atomic E-state index is -0.0567. The van der Waals surface area contributed by atoms with Crippen LogP contribution in [0.1, 0.15) is 29.3 Å². The summed E-state index contributed by atoms with van der Waals surface area (Å²) >= 11 is 10.8. The third-order valence-corrected chi connectivity index (χ3v) is 2.91. The lowest BCUT2D eigenvalue weighted by molar-refractivity contribution is 0.0779. The monoisotopic (exact) mass is 284 g/mol. The Balaban J connectivity index is 2.97. The molecule has 0 unspecified atom stereocenters. The molecule has 0 fully saturated rings. The van der Waals surface area contributed by atoms with Crippen molar-refractivity contribution >= 4 is 34.7 Å². The van der Waals surface area contributed by atoms with Gasteiger partial charge in [0.1, 0.15) is 0 Å². The van der Waals surface area contributed by atoms with Gasteiger partial charge in [0.2, 0.25) is 0 Å². The van der Waals surface area contributed by atoms with Crippen molar-refractivity contribution in [1.29, 1.82) is 0 Å². The Labute approximate surface area is 118 Å². The molecule has 2 N–H and O–H groups in total.